The van der Waals surface area contributed by atoms with Crippen LogP contribution in [0, 0.1) is 0 Å². The summed E-state index contributed by atoms with van der Waals surface area (Å²) in [7, 11) is 1.40. The number of aliphatic imine (C=N–C) groups is 1. The number of fused-ring (bicyclic) bond motifs is 1. The van der Waals surface area contributed by atoms with E-state index in [0.29, 0.717) is 28.1 Å². The van der Waals surface area contributed by atoms with Crippen LogP contribution in [0.4, 0.5) is 10.1 Å². The quantitative estimate of drug-likeness (QED) is 0.164. The molecule has 3 saturated carbocycles. The number of primary amides is 1. The summed E-state index contributed by atoms with van der Waals surface area (Å²) < 4.78 is 33.6. The maximum absolute atomic E-state index is 16.4. The van der Waals surface area contributed by atoms with Crippen LogP contribution in [0.2, 0.25) is 5.02 Å². The fraction of sp³-hybridized carbons (Fsp3) is 0.441. The number of nitrogens with zero attached hydrogens (tertiary/aromatic N) is 3. The minimum absolute atomic E-state index is 0.0178. The number of aliphatic hydroxyl groups is 1. The molecular formula is C34H36ClFN6O6. The van der Waals surface area contributed by atoms with Crippen LogP contribution in [0.15, 0.2) is 35.5 Å². The molecule has 6 N–H and O–H groups in total. The molecule has 12 nitrogen and oxygen atoms in total. The number of hydrogen-bond acceptors (Lipinski definition) is 10. The molecule has 252 valence electrons. The molecule has 3 heterocycles. The maximum atomic E-state index is 16.4. The van der Waals surface area contributed by atoms with Crippen LogP contribution in [0.25, 0.3) is 11.3 Å². The molecule has 48 heavy (non-hydrogen) atoms. The second-order valence-corrected chi connectivity index (χ2v) is 13.6. The Hall–Kier alpha value is -4.49. The van der Waals surface area contributed by atoms with E-state index in [2.05, 4.69) is 15.3 Å². The predicted molar refractivity (Wildman–Crippen MR) is 175 cm³/mol. The Balaban J connectivity index is 1.28. The van der Waals surface area contributed by atoms with Crippen molar-refractivity contribution in [3.63, 3.8) is 0 Å². The van der Waals surface area contributed by atoms with Gasteiger partial charge in [-0.2, -0.15) is 0 Å². The van der Waals surface area contributed by atoms with Crippen molar-refractivity contribution in [2.75, 3.05) is 26.0 Å². The first kappa shape index (κ1) is 32.1. The first-order valence-electron chi connectivity index (χ1n) is 15.9. The monoisotopic (exact) mass is 678 g/mol. The lowest BCUT2D eigenvalue weighted by atomic mass is 9.81. The molecule has 0 unspecified atom stereocenters. The number of nitrogens with one attached hydrogen (secondary N) is 1. The molecule has 1 aliphatic heterocycles. The maximum Gasteiger partial charge on any atom is 0.251 e. The van der Waals surface area contributed by atoms with E-state index in [1.165, 1.54) is 19.4 Å². The Morgan fingerprint density at radius 2 is 2.02 bits per heavy atom. The second-order valence-electron chi connectivity index (χ2n) is 13.2. The smallest absolute Gasteiger partial charge is 0.251 e. The largest absolute Gasteiger partial charge is 0.489 e. The SMILES string of the molecule is COc1nccc(-c2nc([C@@](O)(CNC(=O)c3cc(C=NC4CC4)c(N)c(OC4CC4)c3)C3(F)CC3)cc3c2OC[C@]3(C)C(N)=O)c1Cl. The summed E-state index contributed by atoms with van der Waals surface area (Å²) in [5.41, 5.74) is 8.15. The molecule has 0 radical (unpaired) electrons. The van der Waals surface area contributed by atoms with Crippen LogP contribution in [0.3, 0.4) is 0 Å². The van der Waals surface area contributed by atoms with Crippen molar-refractivity contribution in [1.82, 2.24) is 15.3 Å². The van der Waals surface area contributed by atoms with E-state index in [1.54, 1.807) is 31.3 Å². The van der Waals surface area contributed by atoms with E-state index in [-0.39, 0.29) is 65.2 Å². The van der Waals surface area contributed by atoms with Gasteiger partial charge in [0.25, 0.3) is 5.91 Å². The number of benzene rings is 1. The second kappa shape index (κ2) is 11.6. The van der Waals surface area contributed by atoms with Gasteiger partial charge in [-0.25, -0.2) is 14.4 Å². The number of hydrogen-bond donors (Lipinski definition) is 4. The van der Waals surface area contributed by atoms with Crippen LogP contribution in [0.1, 0.15) is 72.6 Å². The molecule has 2 aromatic heterocycles. The zero-order valence-electron chi connectivity index (χ0n) is 26.5. The number of alkyl halides is 1. The topological polar surface area (TPSA) is 184 Å². The fourth-order valence-electron chi connectivity index (χ4n) is 5.80. The molecule has 3 fully saturated rings. The van der Waals surface area contributed by atoms with E-state index in [1.807, 2.05) is 0 Å². The first-order chi connectivity index (χ1) is 22.9. The van der Waals surface area contributed by atoms with Crippen molar-refractivity contribution in [1.29, 1.82) is 0 Å². The van der Waals surface area contributed by atoms with Gasteiger partial charge in [0.05, 0.1) is 37.2 Å². The molecule has 14 heteroatoms. The molecular weight excluding hydrogens is 643 g/mol. The molecule has 0 spiro atoms. The number of amides is 2. The van der Waals surface area contributed by atoms with Gasteiger partial charge in [0.15, 0.2) is 5.60 Å². The van der Waals surface area contributed by atoms with Gasteiger partial charge in [0.1, 0.15) is 39.9 Å². The Morgan fingerprint density at radius 3 is 2.67 bits per heavy atom. The zero-order valence-corrected chi connectivity index (χ0v) is 27.3. The number of nitrogen functional groups attached to an aromatic ring is 1. The van der Waals surface area contributed by atoms with Gasteiger partial charge in [-0.3, -0.25) is 14.6 Å². The van der Waals surface area contributed by atoms with E-state index >= 15 is 4.39 Å². The molecule has 3 aliphatic carbocycles. The average Bonchev–Trinajstić information content (AvgIpc) is 3.97. The molecule has 0 saturated heterocycles. The number of halogens is 2. The first-order valence-corrected chi connectivity index (χ1v) is 16.2. The fourth-order valence-corrected chi connectivity index (χ4v) is 6.08. The summed E-state index contributed by atoms with van der Waals surface area (Å²) in [5.74, 6) is -0.604. The van der Waals surface area contributed by atoms with Gasteiger partial charge in [0.2, 0.25) is 11.8 Å². The normalized spacial score (nSPS) is 22.0. The minimum Gasteiger partial charge on any atom is -0.489 e. The van der Waals surface area contributed by atoms with Crippen molar-refractivity contribution in [3.05, 3.63) is 57.9 Å². The molecule has 2 atom stereocenters. The van der Waals surface area contributed by atoms with Crippen molar-refractivity contribution in [3.8, 4) is 28.6 Å². The summed E-state index contributed by atoms with van der Waals surface area (Å²) in [6, 6.07) is 6.36. The van der Waals surface area contributed by atoms with Gasteiger partial charge in [-0.1, -0.05) is 11.6 Å². The van der Waals surface area contributed by atoms with Crippen molar-refractivity contribution < 1.29 is 33.3 Å². The highest BCUT2D eigenvalue weighted by molar-refractivity contribution is 6.34. The summed E-state index contributed by atoms with van der Waals surface area (Å²) in [4.78, 5) is 39.7. The van der Waals surface area contributed by atoms with E-state index < -0.39 is 35.0 Å². The van der Waals surface area contributed by atoms with Crippen molar-refractivity contribution in [2.24, 2.45) is 10.7 Å². The van der Waals surface area contributed by atoms with Gasteiger partial charge >= 0.3 is 0 Å². The van der Waals surface area contributed by atoms with Gasteiger partial charge < -0.3 is 36.1 Å². The van der Waals surface area contributed by atoms with Crippen LogP contribution in [0.5, 0.6) is 17.4 Å². The van der Waals surface area contributed by atoms with Gasteiger partial charge in [-0.15, -0.1) is 0 Å². The molecule has 7 rings (SSSR count). The molecule has 3 aromatic rings. The number of anilines is 1. The standard InChI is InChI=1S/C34H36ClFN6O6/c1-32(31(38)44)16-47-28-22(32)13-24(42-27(28)21-7-10-39-30(46-2)25(21)35)34(45,33(36)8-9-33)15-41-29(43)17-11-18(14-40-19-3-4-19)26(37)23(12-17)48-20-5-6-20/h7,10-14,19-20,45H,3-6,8-9,15-16,37H2,1-2H3,(H2,38,44)(H,41,43)/t32-,34-/m0/s1. The summed E-state index contributed by atoms with van der Waals surface area (Å²) in [5, 5.41) is 15.1. The van der Waals surface area contributed by atoms with E-state index in [9.17, 15) is 14.7 Å². The number of aromatic nitrogens is 2. The molecule has 0 bridgehead atoms. The summed E-state index contributed by atoms with van der Waals surface area (Å²) in [6.45, 7) is 0.934. The average molecular weight is 679 g/mol. The van der Waals surface area contributed by atoms with Crippen LogP contribution in [-0.4, -0.2) is 71.2 Å². The van der Waals surface area contributed by atoms with Gasteiger partial charge in [0, 0.05) is 34.7 Å². The number of nitrogens with two attached hydrogens (primary N) is 2. The Kier molecular flexibility index (Phi) is 7.74. The summed E-state index contributed by atoms with van der Waals surface area (Å²) in [6.07, 6.45) is 6.92. The number of carbonyl (C=O) groups is 2. The Bertz CT molecular complexity index is 1860. The van der Waals surface area contributed by atoms with Crippen molar-refractivity contribution >= 4 is 35.3 Å². The van der Waals surface area contributed by atoms with Crippen LogP contribution in [-0.2, 0) is 15.8 Å². The molecule has 4 aliphatic rings. The number of rotatable bonds is 12. The molecule has 1 aromatic carbocycles. The number of ether oxygens (including phenoxy) is 3. The lowest BCUT2D eigenvalue weighted by Crippen LogP contribution is -2.49. The number of methoxy groups -OCH3 is 1. The Labute approximate surface area is 281 Å². The van der Waals surface area contributed by atoms with Crippen LogP contribution < -0.4 is 31.0 Å². The summed E-state index contributed by atoms with van der Waals surface area (Å²) >= 11 is 6.64. The number of carbonyl (C=O) groups excluding carboxylic acids is 2. The third kappa shape index (κ3) is 5.58. The Morgan fingerprint density at radius 1 is 1.27 bits per heavy atom. The third-order valence-electron chi connectivity index (χ3n) is 9.51. The van der Waals surface area contributed by atoms with E-state index in [4.69, 9.17) is 42.3 Å². The highest BCUT2D eigenvalue weighted by atomic mass is 35.5. The van der Waals surface area contributed by atoms with E-state index in [0.717, 1.165) is 25.7 Å². The number of pyridine rings is 2. The lowest BCUT2D eigenvalue weighted by molar-refractivity contribution is -0.123. The highest BCUT2D eigenvalue weighted by Crippen LogP contribution is 2.55. The predicted octanol–water partition coefficient (Wildman–Crippen LogP) is 3.77. The third-order valence-corrected chi connectivity index (χ3v) is 9.87. The minimum atomic E-state index is -2.32. The van der Waals surface area contributed by atoms with Crippen LogP contribution >= 0.6 is 11.6 Å². The highest BCUT2D eigenvalue weighted by Gasteiger charge is 2.62. The molecule has 2 amide bonds. The zero-order chi connectivity index (χ0) is 34.0. The van der Waals surface area contributed by atoms with Gasteiger partial charge in [-0.05, 0) is 69.7 Å². The lowest BCUT2D eigenvalue weighted by Gasteiger charge is -2.33. The van der Waals surface area contributed by atoms with Crippen molar-refractivity contribution in [2.45, 2.75) is 74.3 Å².